The Hall–Kier alpha value is -2.04. The predicted molar refractivity (Wildman–Crippen MR) is 79.7 cm³/mol. The largest absolute Gasteiger partial charge is 0.279 e. The monoisotopic (exact) mass is 324 g/mol. The highest BCUT2D eigenvalue weighted by molar-refractivity contribution is 7.92. The van der Waals surface area contributed by atoms with Crippen molar-refractivity contribution in [2.45, 2.75) is 24.7 Å². The highest BCUT2D eigenvalue weighted by Gasteiger charge is 2.23. The van der Waals surface area contributed by atoms with E-state index in [1.807, 2.05) is 19.9 Å². The molecule has 2 aromatic rings. The van der Waals surface area contributed by atoms with Gasteiger partial charge >= 0.3 is 0 Å². The molecule has 2 rings (SSSR count). The fourth-order valence-corrected chi connectivity index (χ4v) is 3.34. The molecule has 0 saturated heterocycles. The molecule has 0 unspecified atom stereocenters. The number of halogens is 1. The minimum atomic E-state index is -3.90. The number of aromatic amines is 1. The van der Waals surface area contributed by atoms with Gasteiger partial charge in [0.05, 0.1) is 10.7 Å². The molecule has 0 aliphatic rings. The second-order valence-corrected chi connectivity index (χ2v) is 6.72. The van der Waals surface area contributed by atoms with Crippen LogP contribution in [0, 0.1) is 11.3 Å². The predicted octanol–water partition coefficient (Wildman–Crippen LogP) is 2.86. The normalized spacial score (nSPS) is 11.4. The quantitative estimate of drug-likeness (QED) is 0.903. The lowest BCUT2D eigenvalue weighted by atomic mass is 10.1. The first-order valence-corrected chi connectivity index (χ1v) is 7.98. The number of nitriles is 1. The molecule has 21 heavy (non-hydrogen) atoms. The van der Waals surface area contributed by atoms with Crippen molar-refractivity contribution in [3.05, 3.63) is 40.5 Å². The molecule has 1 heterocycles. The number of nitrogens with zero attached hydrogens (tertiary/aromatic N) is 2. The van der Waals surface area contributed by atoms with Gasteiger partial charge in [-0.1, -0.05) is 37.6 Å². The Morgan fingerprint density at radius 2 is 2.05 bits per heavy atom. The zero-order chi connectivity index (χ0) is 15.6. The van der Waals surface area contributed by atoms with Gasteiger partial charge in [0, 0.05) is 0 Å². The number of anilines is 1. The third-order valence-electron chi connectivity index (χ3n) is 2.84. The lowest BCUT2D eigenvalue weighted by Crippen LogP contribution is -2.14. The Balaban J connectivity index is 2.43. The van der Waals surface area contributed by atoms with Crippen LogP contribution in [0.5, 0.6) is 0 Å². The summed E-state index contributed by atoms with van der Waals surface area (Å²) in [5.41, 5.74) is 0.759. The summed E-state index contributed by atoms with van der Waals surface area (Å²) in [5, 5.41) is 15.8. The molecule has 0 saturated carbocycles. The average Bonchev–Trinajstić information content (AvgIpc) is 2.81. The number of aromatic nitrogens is 2. The minimum Gasteiger partial charge on any atom is -0.279 e. The fourth-order valence-electron chi connectivity index (χ4n) is 1.81. The lowest BCUT2D eigenvalue weighted by Gasteiger charge is -2.07. The zero-order valence-corrected chi connectivity index (χ0v) is 13.0. The van der Waals surface area contributed by atoms with Crippen molar-refractivity contribution in [3.8, 4) is 6.07 Å². The Morgan fingerprint density at radius 3 is 2.62 bits per heavy atom. The molecule has 0 fully saturated rings. The summed E-state index contributed by atoms with van der Waals surface area (Å²) in [7, 11) is -3.90. The van der Waals surface area contributed by atoms with E-state index in [2.05, 4.69) is 14.9 Å². The Morgan fingerprint density at radius 1 is 1.38 bits per heavy atom. The van der Waals surface area contributed by atoms with Gasteiger partial charge < -0.3 is 0 Å². The van der Waals surface area contributed by atoms with Gasteiger partial charge in [0.25, 0.3) is 10.0 Å². The number of hydrogen-bond acceptors (Lipinski definition) is 4. The van der Waals surface area contributed by atoms with E-state index in [1.54, 1.807) is 12.1 Å². The fraction of sp³-hybridized carbons (Fsp3) is 0.231. The van der Waals surface area contributed by atoms with Gasteiger partial charge in [-0.15, -0.1) is 0 Å². The van der Waals surface area contributed by atoms with Gasteiger partial charge in [0.2, 0.25) is 0 Å². The van der Waals surface area contributed by atoms with Gasteiger partial charge in [-0.05, 0) is 18.1 Å². The summed E-state index contributed by atoms with van der Waals surface area (Å²) >= 11 is 5.89. The first-order chi connectivity index (χ1) is 9.86. The highest BCUT2D eigenvalue weighted by Crippen LogP contribution is 2.26. The van der Waals surface area contributed by atoms with Crippen LogP contribution in [0.4, 0.5) is 5.82 Å². The Bertz CT molecular complexity index is 806. The first kappa shape index (κ1) is 15.4. The van der Waals surface area contributed by atoms with Crippen molar-refractivity contribution >= 4 is 27.4 Å². The molecule has 1 aromatic heterocycles. The topological polar surface area (TPSA) is 98.6 Å². The average molecular weight is 325 g/mol. The molecular weight excluding hydrogens is 312 g/mol. The summed E-state index contributed by atoms with van der Waals surface area (Å²) in [6.45, 7) is 3.75. The van der Waals surface area contributed by atoms with E-state index in [9.17, 15) is 13.7 Å². The van der Waals surface area contributed by atoms with E-state index in [0.717, 1.165) is 0 Å². The van der Waals surface area contributed by atoms with Crippen LogP contribution in [0.3, 0.4) is 0 Å². The summed E-state index contributed by atoms with van der Waals surface area (Å²) < 4.78 is 26.9. The van der Waals surface area contributed by atoms with Crippen molar-refractivity contribution in [2.24, 2.45) is 0 Å². The van der Waals surface area contributed by atoms with E-state index in [0.29, 0.717) is 5.69 Å². The molecule has 1 aromatic carbocycles. The van der Waals surface area contributed by atoms with Crippen LogP contribution < -0.4 is 4.72 Å². The van der Waals surface area contributed by atoms with Crippen molar-refractivity contribution in [2.75, 3.05) is 4.72 Å². The maximum Gasteiger partial charge on any atom is 0.264 e. The second-order valence-electron chi connectivity index (χ2n) is 4.66. The second kappa shape index (κ2) is 5.76. The number of hydrogen-bond donors (Lipinski definition) is 2. The first-order valence-electron chi connectivity index (χ1n) is 6.12. The van der Waals surface area contributed by atoms with Crippen LogP contribution in [0.25, 0.3) is 0 Å². The molecule has 6 nitrogen and oxygen atoms in total. The number of nitrogens with one attached hydrogen (secondary N) is 2. The molecule has 0 spiro atoms. The van der Waals surface area contributed by atoms with E-state index in [1.165, 1.54) is 12.1 Å². The van der Waals surface area contributed by atoms with Crippen LogP contribution in [0.15, 0.2) is 29.2 Å². The molecule has 0 radical (unpaired) electrons. The SMILES string of the molecule is CC(C)c1[nH]nc(NS(=O)(=O)c2ccccc2Cl)c1C#N. The molecule has 0 aliphatic heterocycles. The van der Waals surface area contributed by atoms with E-state index < -0.39 is 10.0 Å². The van der Waals surface area contributed by atoms with Gasteiger partial charge in [0.15, 0.2) is 5.82 Å². The van der Waals surface area contributed by atoms with Crippen LogP contribution >= 0.6 is 11.6 Å². The molecule has 0 amide bonds. The van der Waals surface area contributed by atoms with E-state index in [4.69, 9.17) is 11.6 Å². The molecule has 0 bridgehead atoms. The standard InChI is InChI=1S/C13H13ClN4O2S/c1-8(2)12-9(7-15)13(17-16-12)18-21(19,20)11-6-4-3-5-10(11)14/h3-6,8H,1-2H3,(H2,16,17,18). The van der Waals surface area contributed by atoms with Gasteiger partial charge in [-0.25, -0.2) is 8.42 Å². The third-order valence-corrected chi connectivity index (χ3v) is 4.68. The third kappa shape index (κ3) is 3.01. The highest BCUT2D eigenvalue weighted by atomic mass is 35.5. The molecule has 0 aliphatic carbocycles. The van der Waals surface area contributed by atoms with Crippen molar-refractivity contribution in [1.82, 2.24) is 10.2 Å². The Labute approximate surface area is 127 Å². The molecule has 8 heteroatoms. The minimum absolute atomic E-state index is 0.0192. The summed E-state index contributed by atoms with van der Waals surface area (Å²) in [6.07, 6.45) is 0. The van der Waals surface area contributed by atoms with Crippen LogP contribution in [-0.2, 0) is 10.0 Å². The van der Waals surface area contributed by atoms with Crippen molar-refractivity contribution in [3.63, 3.8) is 0 Å². The Kier molecular flexibility index (Phi) is 4.21. The van der Waals surface area contributed by atoms with Crippen molar-refractivity contribution in [1.29, 1.82) is 5.26 Å². The summed E-state index contributed by atoms with van der Waals surface area (Å²) in [6, 6.07) is 8.02. The van der Waals surface area contributed by atoms with Gasteiger partial charge in [-0.3, -0.25) is 9.82 Å². The number of rotatable bonds is 4. The molecule has 110 valence electrons. The smallest absolute Gasteiger partial charge is 0.264 e. The lowest BCUT2D eigenvalue weighted by molar-refractivity contribution is 0.601. The van der Waals surface area contributed by atoms with Gasteiger partial charge in [-0.2, -0.15) is 10.4 Å². The summed E-state index contributed by atoms with van der Waals surface area (Å²) in [4.78, 5) is -0.0651. The van der Waals surface area contributed by atoms with E-state index in [-0.39, 0.29) is 27.2 Å². The van der Waals surface area contributed by atoms with Crippen LogP contribution in [0.1, 0.15) is 31.0 Å². The van der Waals surface area contributed by atoms with Crippen LogP contribution in [0.2, 0.25) is 5.02 Å². The molecule has 0 atom stereocenters. The number of benzene rings is 1. The number of sulfonamides is 1. The molecular formula is C13H13ClN4O2S. The van der Waals surface area contributed by atoms with Crippen LogP contribution in [-0.4, -0.2) is 18.6 Å². The van der Waals surface area contributed by atoms with Gasteiger partial charge in [0.1, 0.15) is 16.5 Å². The maximum absolute atomic E-state index is 12.3. The maximum atomic E-state index is 12.3. The zero-order valence-electron chi connectivity index (χ0n) is 11.4. The van der Waals surface area contributed by atoms with E-state index >= 15 is 0 Å². The number of H-pyrrole nitrogens is 1. The van der Waals surface area contributed by atoms with Crippen molar-refractivity contribution < 1.29 is 8.42 Å². The summed E-state index contributed by atoms with van der Waals surface area (Å²) in [5.74, 6) is -0.00756. The molecule has 2 N–H and O–H groups in total.